The van der Waals surface area contributed by atoms with Gasteiger partial charge < -0.3 is 46.9 Å². The molecule has 5 unspecified atom stereocenters. The number of halogens is 1. The van der Waals surface area contributed by atoms with E-state index >= 15 is 0 Å². The van der Waals surface area contributed by atoms with Crippen LogP contribution in [0.1, 0.15) is 174 Å². The molecule has 12 fully saturated rings. The zero-order valence-electron chi connectivity index (χ0n) is 46.8. The highest BCUT2D eigenvalue weighted by Crippen LogP contribution is 2.69. The molecule has 0 amide bonds. The van der Waals surface area contributed by atoms with Gasteiger partial charge in [-0.15, -0.1) is 0 Å². The second-order valence-corrected chi connectivity index (χ2v) is 28.1. The Morgan fingerprint density at radius 1 is 0.542 bits per heavy atom. The third kappa shape index (κ3) is 8.94. The third-order valence-corrected chi connectivity index (χ3v) is 20.0. The van der Waals surface area contributed by atoms with E-state index in [4.69, 9.17) is 46.9 Å². The van der Waals surface area contributed by atoms with Gasteiger partial charge in [0.05, 0.1) is 53.8 Å². The third-order valence-electron chi connectivity index (χ3n) is 19.5. The summed E-state index contributed by atoms with van der Waals surface area (Å²) in [5, 5.41) is 0. The zero-order valence-corrected chi connectivity index (χ0v) is 48.3. The van der Waals surface area contributed by atoms with E-state index in [1.54, 1.807) is 19.2 Å². The molecule has 394 valence electrons. The molecule has 0 aromatic heterocycles. The van der Waals surface area contributed by atoms with Crippen LogP contribution in [0.5, 0.6) is 11.5 Å². The molecule has 9 aliphatic carbocycles. The number of hydrogen-bond acceptors (Lipinski definition) is 12. The molecule has 12 atom stereocenters. The van der Waals surface area contributed by atoms with Crippen LogP contribution in [0.4, 0.5) is 0 Å². The molecule has 3 saturated heterocycles. The smallest absolute Gasteiger partial charge is 0.496 e. The van der Waals surface area contributed by atoms with Crippen molar-refractivity contribution in [2.75, 3.05) is 14.2 Å². The Bertz CT molecular complexity index is 2410. The van der Waals surface area contributed by atoms with Gasteiger partial charge in [0.25, 0.3) is 0 Å². The molecule has 2 aromatic rings. The minimum atomic E-state index is -0.582. The normalized spacial score (nSPS) is 36.6. The van der Waals surface area contributed by atoms with Crippen molar-refractivity contribution in [3.63, 3.8) is 0 Å². The lowest BCUT2D eigenvalue weighted by atomic mass is 9.43. The van der Waals surface area contributed by atoms with Gasteiger partial charge in [0.2, 0.25) is 0 Å². The molecule has 72 heavy (non-hydrogen) atoms. The van der Waals surface area contributed by atoms with Gasteiger partial charge in [-0.05, 0) is 206 Å². The van der Waals surface area contributed by atoms with Gasteiger partial charge in [-0.3, -0.25) is 0 Å². The Morgan fingerprint density at radius 3 is 1.28 bits per heavy atom. The van der Waals surface area contributed by atoms with E-state index in [9.17, 15) is 9.59 Å². The molecule has 0 N–H and O–H groups in total. The van der Waals surface area contributed by atoms with Gasteiger partial charge in [0.15, 0.2) is 0 Å². The van der Waals surface area contributed by atoms with Crippen LogP contribution in [-0.4, -0.2) is 93.6 Å². The van der Waals surface area contributed by atoms with Crippen LogP contribution in [0.2, 0.25) is 0 Å². The number of aryl methyl sites for hydroxylation is 2. The fourth-order valence-corrected chi connectivity index (χ4v) is 15.9. The van der Waals surface area contributed by atoms with Crippen molar-refractivity contribution in [1.29, 1.82) is 0 Å². The van der Waals surface area contributed by atoms with E-state index in [0.29, 0.717) is 57.1 Å². The van der Waals surface area contributed by atoms with E-state index in [1.807, 2.05) is 67.5 Å². The minimum Gasteiger partial charge on any atom is -0.496 e. The number of ether oxygens (including phenoxy) is 4. The highest BCUT2D eigenvalue weighted by molar-refractivity contribution is 9.10. The molecule has 3 aliphatic heterocycles. The molecule has 12 aliphatic rings. The van der Waals surface area contributed by atoms with Crippen LogP contribution in [-0.2, 0) is 37.4 Å². The summed E-state index contributed by atoms with van der Waals surface area (Å²) in [5.41, 5.74) is 2.75. The van der Waals surface area contributed by atoms with E-state index in [-0.39, 0.29) is 60.5 Å². The summed E-state index contributed by atoms with van der Waals surface area (Å²) in [6.45, 7) is 36.0. The summed E-state index contributed by atoms with van der Waals surface area (Å²) in [7, 11) is 1.82. The Morgan fingerprint density at radius 2 is 0.903 bits per heavy atom. The van der Waals surface area contributed by atoms with Crippen LogP contribution in [0.3, 0.4) is 0 Å². The number of carbonyl (C=O) groups is 2. The van der Waals surface area contributed by atoms with Gasteiger partial charge in [-0.2, -0.15) is 0 Å². The fraction of sp³-hybridized carbons (Fsp3) is 0.750. The van der Waals surface area contributed by atoms with E-state index in [0.717, 1.165) is 52.2 Å². The molecule has 16 heteroatoms. The maximum absolute atomic E-state index is 12.8. The molecular formula is C56H82B3BrO12. The van der Waals surface area contributed by atoms with Gasteiger partial charge in [-0.25, -0.2) is 9.59 Å². The van der Waals surface area contributed by atoms with Crippen LogP contribution in [0, 0.1) is 65.6 Å². The molecule has 3 heterocycles. The summed E-state index contributed by atoms with van der Waals surface area (Å²) in [6, 6.07) is 7.46. The molecule has 14 rings (SSSR count). The van der Waals surface area contributed by atoms with Crippen molar-refractivity contribution < 1.29 is 56.5 Å². The first kappa shape index (κ1) is 54.2. The van der Waals surface area contributed by atoms with Crippen molar-refractivity contribution in [3.05, 3.63) is 51.0 Å². The maximum Gasteiger partial charge on any atom is 0.498 e. The van der Waals surface area contributed by atoms with Gasteiger partial charge in [0.1, 0.15) is 33.8 Å². The average molecular weight is 1060 g/mol. The van der Waals surface area contributed by atoms with Crippen molar-refractivity contribution in [1.82, 2.24) is 0 Å². The minimum absolute atomic E-state index is 0.0690. The second kappa shape index (κ2) is 18.0. The van der Waals surface area contributed by atoms with Crippen molar-refractivity contribution in [2.45, 2.75) is 203 Å². The Hall–Kier alpha value is -2.59. The zero-order chi connectivity index (χ0) is 52.8. The van der Waals surface area contributed by atoms with Crippen LogP contribution in [0.25, 0.3) is 0 Å². The Kier molecular flexibility index (Phi) is 13.6. The van der Waals surface area contributed by atoms with E-state index < -0.39 is 24.3 Å². The predicted octanol–water partition coefficient (Wildman–Crippen LogP) is 11.1. The maximum atomic E-state index is 12.8. The van der Waals surface area contributed by atoms with Crippen LogP contribution in [0.15, 0.2) is 28.7 Å². The van der Waals surface area contributed by atoms with Crippen molar-refractivity contribution in [2.24, 2.45) is 51.8 Å². The lowest BCUT2D eigenvalue weighted by Crippen LogP contribution is -2.65. The monoisotopic (exact) mass is 1060 g/mol. The lowest BCUT2D eigenvalue weighted by molar-refractivity contribution is -0.200. The molecular weight excluding hydrogens is 977 g/mol. The average Bonchev–Trinajstić information content (AvgIpc) is 3.94. The van der Waals surface area contributed by atoms with E-state index in [2.05, 4.69) is 78.2 Å². The summed E-state index contributed by atoms with van der Waals surface area (Å²) in [5.74, 6) is 4.06. The number of rotatable bonds is 6. The molecule has 0 spiro atoms. The van der Waals surface area contributed by atoms with E-state index in [1.165, 1.54) is 26.4 Å². The molecule has 9 saturated carbocycles. The lowest BCUT2D eigenvalue weighted by Gasteiger charge is -2.64. The summed E-state index contributed by atoms with van der Waals surface area (Å²) < 4.78 is 61.7. The molecule has 0 radical (unpaired) electrons. The first-order valence-electron chi connectivity index (χ1n) is 26.7. The predicted molar refractivity (Wildman–Crippen MR) is 283 cm³/mol. The fourth-order valence-electron chi connectivity index (χ4n) is 15.1. The van der Waals surface area contributed by atoms with Crippen molar-refractivity contribution in [3.8, 4) is 11.5 Å². The summed E-state index contributed by atoms with van der Waals surface area (Å²) >= 11 is 3.37. The Balaban J connectivity index is 0.000000138. The second-order valence-electron chi connectivity index (χ2n) is 27.2. The quantitative estimate of drug-likeness (QED) is 0.202. The number of hydrogen-bond donors (Lipinski definition) is 0. The Labute approximate surface area is 439 Å². The van der Waals surface area contributed by atoms with Gasteiger partial charge in [-0.1, -0.05) is 53.2 Å². The topological polar surface area (TPSA) is 126 Å². The van der Waals surface area contributed by atoms with Crippen LogP contribution < -0.4 is 14.9 Å². The number of benzene rings is 2. The van der Waals surface area contributed by atoms with Gasteiger partial charge >= 0.3 is 33.1 Å². The first-order valence-corrected chi connectivity index (χ1v) is 27.5. The highest BCUT2D eigenvalue weighted by Gasteiger charge is 2.74. The largest absolute Gasteiger partial charge is 0.498 e. The van der Waals surface area contributed by atoms with Gasteiger partial charge in [0, 0.05) is 5.46 Å². The highest BCUT2D eigenvalue weighted by atomic mass is 79.9. The number of methoxy groups -OCH3 is 2. The summed E-state index contributed by atoms with van der Waals surface area (Å²) in [6.07, 6.45) is 7.45. The number of esters is 2. The molecule has 6 bridgehead atoms. The molecule has 2 aromatic carbocycles. The standard InChI is InChI=1S/C23H33BO5.C20H32B2O4.C13H17BrO3/c1-13-9-15(20(25)27-21(2,3)4)19(26-8)16(10-13)24-28-18-12-14-11-17(22(14,5)6)23(18,7)29-24;1-17(2)11-7-13(17)19(5)15(9-11)23-21(25-19)22-24-16-10-12-8-14(18(12,3)4)20(16,6)26-22;1-8-6-9(11(16-5)10(14)7-8)12(15)17-13(2,3)4/h9-10,14,17-18H,11-12H2,1-8H3;11-16H,7-10H2,1-6H3;6-7H,1-5H3/t14-,17-,18?,23-;11?,12?,13-,14-,15?,16?,19-,20-;/m00./s1. The summed E-state index contributed by atoms with van der Waals surface area (Å²) in [4.78, 5) is 24.9. The van der Waals surface area contributed by atoms with Crippen molar-refractivity contribution >= 4 is 54.5 Å². The first-order chi connectivity index (χ1) is 33.2. The SMILES string of the molecule is CC1(C)C2CC3OB(B4OC5CC6C[C@@H](C6(C)C)[C@]5(C)O4)O[C@@]3(C)[C@H]1C2.COc1c(B2OC3C[C@@H]4C[C@@H](C4(C)C)[C@]3(C)O2)cc(C)cc1C(=O)OC(C)(C)C.COc1c(Br)cc(C)cc1C(=O)OC(C)(C)C. The molecule has 12 nitrogen and oxygen atoms in total. The number of carbonyl (C=O) groups excluding carboxylic acids is 2. The van der Waals surface area contributed by atoms with Crippen LogP contribution >= 0.6 is 15.9 Å².